The third-order valence-electron chi connectivity index (χ3n) is 8.97. The summed E-state index contributed by atoms with van der Waals surface area (Å²) in [5, 5.41) is 0. The number of rotatable bonds is 9. The fraction of sp³-hybridized carbons (Fsp3) is 0.677. The number of esters is 2. The van der Waals surface area contributed by atoms with Crippen LogP contribution in [0.4, 0.5) is 0 Å². The Labute approximate surface area is 218 Å². The van der Waals surface area contributed by atoms with E-state index in [4.69, 9.17) is 14.2 Å². The van der Waals surface area contributed by atoms with Crippen LogP contribution in [-0.2, 0) is 19.1 Å². The van der Waals surface area contributed by atoms with Gasteiger partial charge in [0, 0.05) is 6.08 Å². The van der Waals surface area contributed by atoms with Crippen molar-refractivity contribution in [3.05, 3.63) is 35.9 Å². The number of hydrogen-bond acceptors (Lipinski definition) is 5. The fourth-order valence-corrected chi connectivity index (χ4v) is 5.72. The van der Waals surface area contributed by atoms with Crippen LogP contribution in [0.25, 0.3) is 6.08 Å². The van der Waals surface area contributed by atoms with Crippen LogP contribution >= 0.6 is 0 Å². The van der Waals surface area contributed by atoms with Gasteiger partial charge in [-0.15, -0.1) is 0 Å². The van der Waals surface area contributed by atoms with Crippen molar-refractivity contribution in [3.8, 4) is 5.75 Å². The second-order valence-corrected chi connectivity index (χ2v) is 12.0. The summed E-state index contributed by atoms with van der Waals surface area (Å²) in [6, 6.07) is 7.58. The Morgan fingerprint density at radius 2 is 1.33 bits per heavy atom. The SMILES string of the molecule is CCC(C)(C)C(=O)OC1CCC(C(C)(C)C2CCC(OC(=O)/C=C/c3ccc(OC)cc3)CC2)CC1. The van der Waals surface area contributed by atoms with Gasteiger partial charge in [0.05, 0.1) is 12.5 Å². The summed E-state index contributed by atoms with van der Waals surface area (Å²) < 4.78 is 16.8. The van der Waals surface area contributed by atoms with Gasteiger partial charge in [0.1, 0.15) is 18.0 Å². The van der Waals surface area contributed by atoms with Gasteiger partial charge < -0.3 is 14.2 Å². The second-order valence-electron chi connectivity index (χ2n) is 12.0. The van der Waals surface area contributed by atoms with E-state index in [-0.39, 0.29) is 29.6 Å². The molecule has 0 unspecified atom stereocenters. The van der Waals surface area contributed by atoms with E-state index < -0.39 is 5.41 Å². The zero-order chi connectivity index (χ0) is 26.3. The van der Waals surface area contributed by atoms with Crippen molar-refractivity contribution < 1.29 is 23.8 Å². The Kier molecular flexibility index (Phi) is 9.66. The van der Waals surface area contributed by atoms with E-state index in [2.05, 4.69) is 13.8 Å². The first kappa shape index (κ1) is 28.3. The molecule has 36 heavy (non-hydrogen) atoms. The van der Waals surface area contributed by atoms with Gasteiger partial charge in [0.2, 0.25) is 0 Å². The summed E-state index contributed by atoms with van der Waals surface area (Å²) in [6.07, 6.45) is 12.4. The molecule has 5 nitrogen and oxygen atoms in total. The van der Waals surface area contributed by atoms with Crippen LogP contribution in [0.2, 0.25) is 0 Å². The van der Waals surface area contributed by atoms with Crippen LogP contribution in [0.15, 0.2) is 30.3 Å². The second kappa shape index (κ2) is 12.3. The van der Waals surface area contributed by atoms with Crippen molar-refractivity contribution in [2.45, 2.75) is 105 Å². The molecule has 0 amide bonds. The third kappa shape index (κ3) is 7.36. The summed E-state index contributed by atoms with van der Waals surface area (Å²) in [5.74, 6) is 1.74. The monoisotopic (exact) mass is 498 g/mol. The first-order valence-corrected chi connectivity index (χ1v) is 13.8. The largest absolute Gasteiger partial charge is 0.497 e. The molecule has 0 aliphatic heterocycles. The normalized spacial score (nSPS) is 25.4. The standard InChI is InChI=1S/C31H46O5/c1-7-30(2,3)29(33)36-27-19-13-24(14-20-27)31(4,5)23-11-17-26(18-12-23)35-28(32)21-10-22-8-15-25(34-6)16-9-22/h8-10,15-16,21,23-24,26-27H,7,11-14,17-20H2,1-6H3/b21-10+. The average Bonchev–Trinajstić information content (AvgIpc) is 2.88. The molecule has 1 aromatic carbocycles. The molecule has 0 heterocycles. The molecule has 200 valence electrons. The van der Waals surface area contributed by atoms with Gasteiger partial charge in [0.15, 0.2) is 0 Å². The summed E-state index contributed by atoms with van der Waals surface area (Å²) in [4.78, 5) is 24.8. The van der Waals surface area contributed by atoms with Gasteiger partial charge >= 0.3 is 11.9 Å². The minimum absolute atomic E-state index is 0.00198. The quantitative estimate of drug-likeness (QED) is 0.263. The minimum Gasteiger partial charge on any atom is -0.497 e. The number of carbonyl (C=O) groups is 2. The Balaban J connectivity index is 1.42. The first-order valence-electron chi connectivity index (χ1n) is 13.8. The Bertz CT molecular complexity index is 882. The number of hydrogen-bond donors (Lipinski definition) is 0. The molecular weight excluding hydrogens is 452 g/mol. The number of methoxy groups -OCH3 is 1. The predicted octanol–water partition coefficient (Wildman–Crippen LogP) is 7.37. The van der Waals surface area contributed by atoms with E-state index in [1.807, 2.05) is 45.0 Å². The maximum absolute atomic E-state index is 12.5. The molecule has 1 aromatic rings. The fourth-order valence-electron chi connectivity index (χ4n) is 5.72. The minimum atomic E-state index is -0.399. The lowest BCUT2D eigenvalue weighted by atomic mass is 9.60. The highest BCUT2D eigenvalue weighted by Crippen LogP contribution is 2.49. The average molecular weight is 499 g/mol. The van der Waals surface area contributed by atoms with E-state index in [9.17, 15) is 9.59 Å². The van der Waals surface area contributed by atoms with Crippen LogP contribution in [-0.4, -0.2) is 31.3 Å². The number of carbonyl (C=O) groups excluding carboxylic acids is 2. The molecule has 5 heteroatoms. The molecule has 2 aliphatic rings. The zero-order valence-electron chi connectivity index (χ0n) is 23.2. The summed E-state index contributed by atoms with van der Waals surface area (Å²) >= 11 is 0. The highest BCUT2D eigenvalue weighted by molar-refractivity contribution is 5.87. The lowest BCUT2D eigenvalue weighted by Gasteiger charge is -2.46. The molecule has 0 saturated heterocycles. The highest BCUT2D eigenvalue weighted by Gasteiger charge is 2.42. The van der Waals surface area contributed by atoms with Crippen molar-refractivity contribution in [1.82, 2.24) is 0 Å². The smallest absolute Gasteiger partial charge is 0.331 e. The molecule has 0 aromatic heterocycles. The lowest BCUT2D eigenvalue weighted by molar-refractivity contribution is -0.162. The number of ether oxygens (including phenoxy) is 3. The molecule has 0 N–H and O–H groups in total. The van der Waals surface area contributed by atoms with Gasteiger partial charge in [-0.2, -0.15) is 0 Å². The topological polar surface area (TPSA) is 61.8 Å². The van der Waals surface area contributed by atoms with Gasteiger partial charge in [0.25, 0.3) is 0 Å². The van der Waals surface area contributed by atoms with Gasteiger partial charge in [-0.05, 0) is 113 Å². The molecular formula is C31H46O5. The van der Waals surface area contributed by atoms with Crippen molar-refractivity contribution in [2.24, 2.45) is 22.7 Å². The predicted molar refractivity (Wildman–Crippen MR) is 144 cm³/mol. The Morgan fingerprint density at radius 1 is 0.833 bits per heavy atom. The van der Waals surface area contributed by atoms with E-state index in [0.717, 1.165) is 69.1 Å². The molecule has 0 bridgehead atoms. The molecule has 2 aliphatic carbocycles. The van der Waals surface area contributed by atoms with Crippen LogP contribution in [0, 0.1) is 22.7 Å². The Morgan fingerprint density at radius 3 is 1.81 bits per heavy atom. The Hall–Kier alpha value is -2.30. The van der Waals surface area contributed by atoms with Gasteiger partial charge in [-0.1, -0.05) is 32.9 Å². The molecule has 2 fully saturated rings. The summed E-state index contributed by atoms with van der Waals surface area (Å²) in [6.45, 7) is 10.8. The molecule has 3 rings (SSSR count). The highest BCUT2D eigenvalue weighted by atomic mass is 16.5. The maximum atomic E-state index is 12.5. The molecule has 0 atom stereocenters. The van der Waals surface area contributed by atoms with Crippen LogP contribution in [0.1, 0.15) is 98.0 Å². The maximum Gasteiger partial charge on any atom is 0.331 e. The summed E-state index contributed by atoms with van der Waals surface area (Å²) in [5.41, 5.74) is 0.779. The number of benzene rings is 1. The molecule has 2 saturated carbocycles. The van der Waals surface area contributed by atoms with Crippen LogP contribution in [0.5, 0.6) is 5.75 Å². The third-order valence-corrected chi connectivity index (χ3v) is 8.97. The van der Waals surface area contributed by atoms with Crippen LogP contribution < -0.4 is 4.74 Å². The van der Waals surface area contributed by atoms with E-state index in [0.29, 0.717) is 11.8 Å². The first-order chi connectivity index (χ1) is 17.0. The summed E-state index contributed by atoms with van der Waals surface area (Å²) in [7, 11) is 1.64. The van der Waals surface area contributed by atoms with Gasteiger partial charge in [-0.25, -0.2) is 4.79 Å². The van der Waals surface area contributed by atoms with Crippen molar-refractivity contribution in [1.29, 1.82) is 0 Å². The van der Waals surface area contributed by atoms with Crippen molar-refractivity contribution in [2.75, 3.05) is 7.11 Å². The van der Waals surface area contributed by atoms with Crippen molar-refractivity contribution >= 4 is 18.0 Å². The van der Waals surface area contributed by atoms with Crippen molar-refractivity contribution in [3.63, 3.8) is 0 Å². The van der Waals surface area contributed by atoms with E-state index >= 15 is 0 Å². The van der Waals surface area contributed by atoms with E-state index in [1.165, 1.54) is 6.08 Å². The van der Waals surface area contributed by atoms with Crippen LogP contribution in [0.3, 0.4) is 0 Å². The molecule has 0 radical (unpaired) electrons. The zero-order valence-corrected chi connectivity index (χ0v) is 23.2. The van der Waals surface area contributed by atoms with Gasteiger partial charge in [-0.3, -0.25) is 4.79 Å². The van der Waals surface area contributed by atoms with E-state index in [1.54, 1.807) is 13.2 Å². The molecule has 0 spiro atoms. The lowest BCUT2D eigenvalue weighted by Crippen LogP contribution is -2.40.